The number of rotatable bonds is 13. The molecule has 0 aromatic heterocycles. The Morgan fingerprint density at radius 3 is 2.15 bits per heavy atom. The summed E-state index contributed by atoms with van der Waals surface area (Å²) < 4.78 is 33.2. The maximum atomic E-state index is 13.7. The molecule has 0 heterocycles. The molecule has 226 valence electrons. The summed E-state index contributed by atoms with van der Waals surface area (Å²) in [6.45, 7) is 8.92. The number of aliphatic hydroxyl groups is 1. The first-order valence-corrected chi connectivity index (χ1v) is 14.8. The number of hydrogen-bond acceptors (Lipinski definition) is 8. The zero-order valence-electron chi connectivity index (χ0n) is 24.4. The molecule has 3 atom stereocenters. The lowest BCUT2D eigenvalue weighted by Crippen LogP contribution is -2.58. The summed E-state index contributed by atoms with van der Waals surface area (Å²) in [4.78, 5) is 25.5. The largest absolute Gasteiger partial charge is 0.453 e. The van der Waals surface area contributed by atoms with E-state index in [4.69, 9.17) is 9.94 Å². The fourth-order valence-corrected chi connectivity index (χ4v) is 5.85. The molecule has 4 N–H and O–H groups in total. The SMILES string of the molecule is COC(=O)N[C@H](C(=O)N[C@@H](Cc1ccccc1)[C@H](O)CN(CC(C)C)S(=O)(=O)c1ccc(/C=N/O)cc1)C(C)(C)C. The number of aliphatic hydroxyl groups excluding tert-OH is 1. The van der Waals surface area contributed by atoms with Crippen LogP contribution in [0.1, 0.15) is 45.7 Å². The molecule has 0 aliphatic rings. The number of methoxy groups -OCH3 is 1. The Balaban J connectivity index is 2.41. The van der Waals surface area contributed by atoms with Crippen molar-refractivity contribution >= 4 is 28.2 Å². The first kappa shape index (κ1) is 33.7. The average molecular weight is 591 g/mol. The minimum atomic E-state index is -4.04. The van der Waals surface area contributed by atoms with Crippen LogP contribution >= 0.6 is 0 Å². The maximum Gasteiger partial charge on any atom is 0.407 e. The Labute approximate surface area is 242 Å². The molecule has 0 aliphatic carbocycles. The van der Waals surface area contributed by atoms with Gasteiger partial charge in [-0.1, -0.05) is 82.2 Å². The van der Waals surface area contributed by atoms with E-state index in [0.29, 0.717) is 5.56 Å². The van der Waals surface area contributed by atoms with Crippen molar-refractivity contribution in [3.8, 4) is 0 Å². The van der Waals surface area contributed by atoms with Crippen LogP contribution in [0.15, 0.2) is 64.6 Å². The number of hydrogen-bond donors (Lipinski definition) is 4. The summed E-state index contributed by atoms with van der Waals surface area (Å²) in [5.41, 5.74) is 0.645. The molecule has 0 radical (unpaired) electrons. The predicted molar refractivity (Wildman–Crippen MR) is 156 cm³/mol. The van der Waals surface area contributed by atoms with E-state index in [0.717, 1.165) is 5.56 Å². The molecule has 0 unspecified atom stereocenters. The number of alkyl carbamates (subject to hydrolysis) is 1. The summed E-state index contributed by atoms with van der Waals surface area (Å²) in [5.74, 6) is -0.600. The van der Waals surface area contributed by atoms with E-state index < -0.39 is 45.6 Å². The van der Waals surface area contributed by atoms with Crippen molar-refractivity contribution in [2.24, 2.45) is 16.5 Å². The van der Waals surface area contributed by atoms with Gasteiger partial charge in [0.25, 0.3) is 0 Å². The van der Waals surface area contributed by atoms with Crippen LogP contribution in [0.4, 0.5) is 4.79 Å². The van der Waals surface area contributed by atoms with Crippen molar-refractivity contribution in [1.82, 2.24) is 14.9 Å². The highest BCUT2D eigenvalue weighted by Crippen LogP contribution is 2.22. The average Bonchev–Trinajstić information content (AvgIpc) is 2.90. The number of sulfonamides is 1. The highest BCUT2D eigenvalue weighted by molar-refractivity contribution is 7.89. The molecule has 0 fully saturated rings. The first-order chi connectivity index (χ1) is 19.2. The van der Waals surface area contributed by atoms with E-state index in [-0.39, 0.29) is 30.3 Å². The smallest absolute Gasteiger partial charge is 0.407 e. The standard InChI is InChI=1S/C29H42N4O7S/c1-20(2)18-33(41(38,39)23-14-12-22(13-15-23)17-30-37)19-25(34)24(16-21-10-8-7-9-11-21)31-27(35)26(29(3,4)5)32-28(36)40-6/h7-15,17,20,24-26,34,37H,16,18-19H2,1-6H3,(H,31,35)(H,32,36)/b30-17+/t24-,25+,26+/m0/s1. The second-order valence-corrected chi connectivity index (χ2v) is 13.3. The van der Waals surface area contributed by atoms with Gasteiger partial charge in [0.15, 0.2) is 0 Å². The van der Waals surface area contributed by atoms with E-state index >= 15 is 0 Å². The molecule has 12 heteroatoms. The lowest BCUT2D eigenvalue weighted by Gasteiger charge is -2.34. The number of nitrogens with one attached hydrogen (secondary N) is 2. The van der Waals surface area contributed by atoms with Crippen LogP contribution in [0, 0.1) is 11.3 Å². The minimum absolute atomic E-state index is 0.0131. The molecule has 0 saturated carbocycles. The van der Waals surface area contributed by atoms with Gasteiger partial charge in [-0.25, -0.2) is 13.2 Å². The first-order valence-electron chi connectivity index (χ1n) is 13.3. The quantitative estimate of drug-likeness (QED) is 0.159. The molecule has 11 nitrogen and oxygen atoms in total. The molecule has 41 heavy (non-hydrogen) atoms. The summed E-state index contributed by atoms with van der Waals surface area (Å²) in [6, 6.07) is 13.2. The summed E-state index contributed by atoms with van der Waals surface area (Å²) >= 11 is 0. The van der Waals surface area contributed by atoms with Crippen LogP contribution < -0.4 is 10.6 Å². The molecule has 0 aliphatic heterocycles. The van der Waals surface area contributed by atoms with E-state index in [1.807, 2.05) is 44.2 Å². The highest BCUT2D eigenvalue weighted by atomic mass is 32.2. The lowest BCUT2D eigenvalue weighted by molar-refractivity contribution is -0.127. The number of amides is 2. The summed E-state index contributed by atoms with van der Waals surface area (Å²) in [5, 5.41) is 28.6. The van der Waals surface area contributed by atoms with Crippen molar-refractivity contribution in [2.75, 3.05) is 20.2 Å². The predicted octanol–water partition coefficient (Wildman–Crippen LogP) is 3.00. The van der Waals surface area contributed by atoms with Crippen molar-refractivity contribution in [1.29, 1.82) is 0 Å². The zero-order chi connectivity index (χ0) is 30.8. The highest BCUT2D eigenvalue weighted by Gasteiger charge is 2.36. The Morgan fingerprint density at radius 2 is 1.63 bits per heavy atom. The van der Waals surface area contributed by atoms with Gasteiger partial charge in [-0.15, -0.1) is 0 Å². The monoisotopic (exact) mass is 590 g/mol. The second kappa shape index (κ2) is 14.9. The number of benzene rings is 2. The molecule has 2 aromatic rings. The third kappa shape index (κ3) is 10.1. The normalized spacial score (nSPS) is 14.6. The van der Waals surface area contributed by atoms with E-state index in [1.165, 1.54) is 41.9 Å². The van der Waals surface area contributed by atoms with Gasteiger partial charge in [-0.05, 0) is 41.0 Å². The van der Waals surface area contributed by atoms with Crippen LogP contribution in [0.2, 0.25) is 0 Å². The minimum Gasteiger partial charge on any atom is -0.453 e. The lowest BCUT2D eigenvalue weighted by atomic mass is 9.85. The van der Waals surface area contributed by atoms with Gasteiger partial charge in [-0.3, -0.25) is 4.79 Å². The Hall–Kier alpha value is -3.48. The van der Waals surface area contributed by atoms with Crippen LogP contribution in [-0.4, -0.2) is 79.6 Å². The summed E-state index contributed by atoms with van der Waals surface area (Å²) in [6.07, 6.45) is -0.672. The molecule has 0 bridgehead atoms. The molecular formula is C29H42N4O7S. The second-order valence-electron chi connectivity index (χ2n) is 11.3. The summed E-state index contributed by atoms with van der Waals surface area (Å²) in [7, 11) is -2.84. The molecule has 2 aromatic carbocycles. The van der Waals surface area contributed by atoms with Gasteiger partial charge in [0, 0.05) is 13.1 Å². The Morgan fingerprint density at radius 1 is 1.02 bits per heavy atom. The van der Waals surface area contributed by atoms with Crippen LogP contribution in [-0.2, 0) is 26.0 Å². The van der Waals surface area contributed by atoms with Crippen LogP contribution in [0.25, 0.3) is 0 Å². The van der Waals surface area contributed by atoms with Gasteiger partial charge in [0.05, 0.1) is 30.4 Å². The van der Waals surface area contributed by atoms with Gasteiger partial charge in [0.1, 0.15) is 6.04 Å². The third-order valence-corrected chi connectivity index (χ3v) is 8.20. The Kier molecular flexibility index (Phi) is 12.3. The fourth-order valence-electron chi connectivity index (χ4n) is 4.22. The fraction of sp³-hybridized carbons (Fsp3) is 0.483. The molecule has 0 saturated heterocycles. The maximum absolute atomic E-state index is 13.7. The number of carbonyl (C=O) groups excluding carboxylic acids is 2. The third-order valence-electron chi connectivity index (χ3n) is 6.35. The number of carbonyl (C=O) groups is 2. The van der Waals surface area contributed by atoms with Crippen LogP contribution in [0.5, 0.6) is 0 Å². The van der Waals surface area contributed by atoms with Gasteiger partial charge >= 0.3 is 6.09 Å². The topological polar surface area (TPSA) is 158 Å². The van der Waals surface area contributed by atoms with Gasteiger partial charge in [-0.2, -0.15) is 4.31 Å². The molecule has 2 rings (SSSR count). The number of nitrogens with zero attached hydrogens (tertiary/aromatic N) is 2. The van der Waals surface area contributed by atoms with Crippen molar-refractivity contribution in [3.05, 3.63) is 65.7 Å². The van der Waals surface area contributed by atoms with E-state index in [2.05, 4.69) is 15.8 Å². The molecule has 2 amide bonds. The van der Waals surface area contributed by atoms with Gasteiger partial charge < -0.3 is 25.7 Å². The number of oxime groups is 1. The van der Waals surface area contributed by atoms with E-state index in [1.54, 1.807) is 20.8 Å². The van der Waals surface area contributed by atoms with E-state index in [9.17, 15) is 23.1 Å². The van der Waals surface area contributed by atoms with Crippen LogP contribution in [0.3, 0.4) is 0 Å². The molecule has 0 spiro atoms. The van der Waals surface area contributed by atoms with Crippen molar-refractivity contribution in [3.63, 3.8) is 0 Å². The van der Waals surface area contributed by atoms with Gasteiger partial charge in [0.2, 0.25) is 15.9 Å². The number of ether oxygens (including phenoxy) is 1. The molecular weight excluding hydrogens is 548 g/mol. The van der Waals surface area contributed by atoms with Crippen molar-refractivity contribution < 1.29 is 33.1 Å². The zero-order valence-corrected chi connectivity index (χ0v) is 25.3. The Bertz CT molecular complexity index is 1260. The van der Waals surface area contributed by atoms with Crippen molar-refractivity contribution in [2.45, 2.75) is 64.1 Å².